The molecule has 0 radical (unpaired) electrons. The number of hydrogen-bond donors (Lipinski definition) is 1. The van der Waals surface area contributed by atoms with E-state index in [1.165, 1.54) is 12.8 Å². The molecule has 1 fully saturated rings. The molecule has 1 N–H and O–H groups in total. The largest absolute Gasteiger partial charge is 0.370 e. The Balaban J connectivity index is 1.63. The first-order chi connectivity index (χ1) is 12.8. The van der Waals surface area contributed by atoms with Gasteiger partial charge < -0.3 is 10.2 Å². The van der Waals surface area contributed by atoms with Gasteiger partial charge in [0.1, 0.15) is 11.9 Å². The number of hydrogen-bond acceptors (Lipinski definition) is 6. The molecule has 0 unspecified atom stereocenters. The van der Waals surface area contributed by atoms with Crippen molar-refractivity contribution in [1.29, 1.82) is 5.26 Å². The van der Waals surface area contributed by atoms with Crippen LogP contribution in [0.4, 0.5) is 17.5 Å². The third-order valence-electron chi connectivity index (χ3n) is 4.42. The summed E-state index contributed by atoms with van der Waals surface area (Å²) in [6, 6.07) is 15.7. The fraction of sp³-hybridized carbons (Fsp3) is 0.200. The van der Waals surface area contributed by atoms with Gasteiger partial charge in [-0.1, -0.05) is 12.1 Å². The average Bonchev–Trinajstić information content (AvgIpc) is 3.23. The van der Waals surface area contributed by atoms with Gasteiger partial charge >= 0.3 is 0 Å². The van der Waals surface area contributed by atoms with Crippen LogP contribution in [0.15, 0.2) is 54.9 Å². The Morgan fingerprint density at radius 1 is 1.00 bits per heavy atom. The Morgan fingerprint density at radius 2 is 1.88 bits per heavy atom. The topological polar surface area (TPSA) is 77.7 Å². The van der Waals surface area contributed by atoms with Gasteiger partial charge in [-0.2, -0.15) is 5.26 Å². The van der Waals surface area contributed by atoms with Crippen molar-refractivity contribution in [3.05, 3.63) is 60.4 Å². The van der Waals surface area contributed by atoms with Crippen molar-refractivity contribution in [3.63, 3.8) is 0 Å². The van der Waals surface area contributed by atoms with Crippen LogP contribution in [0.2, 0.25) is 0 Å². The van der Waals surface area contributed by atoms with E-state index in [1.807, 2.05) is 42.5 Å². The SMILES string of the molecule is N#Cc1cc(-c2ccnc(Nc3ccccn3)n2)ccc1N1CCCC1. The van der Waals surface area contributed by atoms with Gasteiger partial charge in [0, 0.05) is 31.0 Å². The molecule has 1 aliphatic heterocycles. The van der Waals surface area contributed by atoms with E-state index in [2.05, 4.69) is 31.2 Å². The van der Waals surface area contributed by atoms with Gasteiger partial charge in [-0.05, 0) is 43.2 Å². The van der Waals surface area contributed by atoms with Gasteiger partial charge in [0.15, 0.2) is 0 Å². The molecule has 6 nitrogen and oxygen atoms in total. The highest BCUT2D eigenvalue weighted by molar-refractivity contribution is 5.70. The minimum Gasteiger partial charge on any atom is -0.370 e. The zero-order valence-electron chi connectivity index (χ0n) is 14.3. The minimum atomic E-state index is 0.475. The summed E-state index contributed by atoms with van der Waals surface area (Å²) in [5.74, 6) is 1.16. The van der Waals surface area contributed by atoms with E-state index in [-0.39, 0.29) is 0 Å². The van der Waals surface area contributed by atoms with Crippen molar-refractivity contribution in [1.82, 2.24) is 15.0 Å². The zero-order valence-corrected chi connectivity index (χ0v) is 14.3. The Bertz CT molecular complexity index is 942. The second-order valence-corrected chi connectivity index (χ2v) is 6.14. The van der Waals surface area contributed by atoms with E-state index in [0.29, 0.717) is 17.3 Å². The molecule has 128 valence electrons. The summed E-state index contributed by atoms with van der Waals surface area (Å²) in [6.45, 7) is 2.03. The predicted octanol–water partition coefficient (Wildman–Crippen LogP) is 3.75. The minimum absolute atomic E-state index is 0.475. The first-order valence-electron chi connectivity index (χ1n) is 8.64. The Kier molecular flexibility index (Phi) is 4.44. The fourth-order valence-corrected chi connectivity index (χ4v) is 3.15. The molecule has 1 aromatic carbocycles. The maximum absolute atomic E-state index is 9.57. The van der Waals surface area contributed by atoms with Gasteiger partial charge in [-0.25, -0.2) is 15.0 Å². The van der Waals surface area contributed by atoms with Gasteiger partial charge in [0.05, 0.1) is 16.9 Å². The predicted molar refractivity (Wildman–Crippen MR) is 101 cm³/mol. The summed E-state index contributed by atoms with van der Waals surface area (Å²) in [5.41, 5.74) is 3.36. The number of pyridine rings is 1. The molecule has 0 spiro atoms. The van der Waals surface area contributed by atoms with Crippen molar-refractivity contribution in [2.45, 2.75) is 12.8 Å². The summed E-state index contributed by atoms with van der Waals surface area (Å²) >= 11 is 0. The summed E-state index contributed by atoms with van der Waals surface area (Å²) in [5, 5.41) is 12.7. The van der Waals surface area contributed by atoms with Crippen LogP contribution in [0, 0.1) is 11.3 Å². The highest BCUT2D eigenvalue weighted by Gasteiger charge is 2.16. The van der Waals surface area contributed by atoms with Gasteiger partial charge in [-0.15, -0.1) is 0 Å². The monoisotopic (exact) mass is 342 g/mol. The number of nitrogens with one attached hydrogen (secondary N) is 1. The summed E-state index contributed by atoms with van der Waals surface area (Å²) in [7, 11) is 0. The highest BCUT2D eigenvalue weighted by Crippen LogP contribution is 2.29. The molecule has 0 atom stereocenters. The zero-order chi connectivity index (χ0) is 17.8. The summed E-state index contributed by atoms with van der Waals surface area (Å²) < 4.78 is 0. The first-order valence-corrected chi connectivity index (χ1v) is 8.64. The van der Waals surface area contributed by atoms with Crippen LogP contribution in [-0.4, -0.2) is 28.0 Å². The average molecular weight is 342 g/mol. The van der Waals surface area contributed by atoms with Crippen LogP contribution in [0.25, 0.3) is 11.3 Å². The second-order valence-electron chi connectivity index (χ2n) is 6.14. The number of nitrogens with zero attached hydrogens (tertiary/aromatic N) is 5. The Labute approximate surface area is 152 Å². The van der Waals surface area contributed by atoms with Crippen LogP contribution >= 0.6 is 0 Å². The standard InChI is InChI=1S/C20H18N6/c21-14-16-13-15(6-7-18(16)26-11-3-4-12-26)17-8-10-23-20(24-17)25-19-5-1-2-9-22-19/h1-2,5-10,13H,3-4,11-12H2,(H,22,23,24,25). The molecule has 4 rings (SSSR count). The van der Waals surface area contributed by atoms with E-state index in [9.17, 15) is 5.26 Å². The van der Waals surface area contributed by atoms with Crippen molar-refractivity contribution in [3.8, 4) is 17.3 Å². The highest BCUT2D eigenvalue weighted by atomic mass is 15.1. The van der Waals surface area contributed by atoms with E-state index in [1.54, 1.807) is 12.4 Å². The van der Waals surface area contributed by atoms with E-state index in [4.69, 9.17) is 0 Å². The lowest BCUT2D eigenvalue weighted by molar-refractivity contribution is 0.949. The van der Waals surface area contributed by atoms with Gasteiger partial charge in [0.25, 0.3) is 0 Å². The van der Waals surface area contributed by atoms with Gasteiger partial charge in [-0.3, -0.25) is 0 Å². The number of benzene rings is 1. The normalized spacial score (nSPS) is 13.4. The third kappa shape index (κ3) is 3.33. The lowest BCUT2D eigenvalue weighted by Gasteiger charge is -2.19. The van der Waals surface area contributed by atoms with E-state index >= 15 is 0 Å². The molecule has 2 aromatic heterocycles. The number of rotatable bonds is 4. The molecule has 1 saturated heterocycles. The summed E-state index contributed by atoms with van der Waals surface area (Å²) in [4.78, 5) is 15.3. The van der Waals surface area contributed by atoms with Gasteiger partial charge in [0.2, 0.25) is 5.95 Å². The van der Waals surface area contributed by atoms with Crippen LogP contribution in [0.3, 0.4) is 0 Å². The molecule has 26 heavy (non-hydrogen) atoms. The molecule has 6 heteroatoms. The summed E-state index contributed by atoms with van der Waals surface area (Å²) in [6.07, 6.45) is 5.78. The van der Waals surface area contributed by atoms with Crippen LogP contribution in [-0.2, 0) is 0 Å². The fourth-order valence-electron chi connectivity index (χ4n) is 3.15. The number of anilines is 3. The first kappa shape index (κ1) is 16.0. The molecular formula is C20H18N6. The molecule has 0 saturated carbocycles. The molecule has 3 heterocycles. The smallest absolute Gasteiger partial charge is 0.228 e. The maximum atomic E-state index is 9.57. The molecule has 0 aliphatic carbocycles. The van der Waals surface area contributed by atoms with Crippen molar-refractivity contribution in [2.24, 2.45) is 0 Å². The third-order valence-corrected chi connectivity index (χ3v) is 4.42. The van der Waals surface area contributed by atoms with E-state index < -0.39 is 0 Å². The van der Waals surface area contributed by atoms with Crippen molar-refractivity contribution >= 4 is 17.5 Å². The maximum Gasteiger partial charge on any atom is 0.228 e. The molecule has 0 amide bonds. The van der Waals surface area contributed by atoms with Crippen molar-refractivity contribution in [2.75, 3.05) is 23.3 Å². The van der Waals surface area contributed by atoms with Crippen LogP contribution in [0.5, 0.6) is 0 Å². The molecular weight excluding hydrogens is 324 g/mol. The molecule has 3 aromatic rings. The van der Waals surface area contributed by atoms with Crippen LogP contribution in [0.1, 0.15) is 18.4 Å². The van der Waals surface area contributed by atoms with E-state index in [0.717, 1.165) is 30.0 Å². The number of aromatic nitrogens is 3. The lowest BCUT2D eigenvalue weighted by atomic mass is 10.1. The molecule has 1 aliphatic rings. The Hall–Kier alpha value is -3.46. The number of nitriles is 1. The molecule has 0 bridgehead atoms. The quantitative estimate of drug-likeness (QED) is 0.778. The van der Waals surface area contributed by atoms with Crippen molar-refractivity contribution < 1.29 is 0 Å². The Morgan fingerprint density at radius 3 is 2.65 bits per heavy atom. The second kappa shape index (κ2) is 7.19. The lowest BCUT2D eigenvalue weighted by Crippen LogP contribution is -2.18. The van der Waals surface area contributed by atoms with Crippen LogP contribution < -0.4 is 10.2 Å².